The van der Waals surface area contributed by atoms with Gasteiger partial charge in [0.2, 0.25) is 11.8 Å². The van der Waals surface area contributed by atoms with E-state index in [9.17, 15) is 18.0 Å². The van der Waals surface area contributed by atoms with Crippen molar-refractivity contribution in [2.24, 2.45) is 0 Å². The van der Waals surface area contributed by atoms with E-state index in [0.29, 0.717) is 24.5 Å². The molecule has 3 aromatic rings. The van der Waals surface area contributed by atoms with Crippen LogP contribution in [0.5, 0.6) is 11.5 Å². The van der Waals surface area contributed by atoms with Crippen molar-refractivity contribution >= 4 is 39.3 Å². The summed E-state index contributed by atoms with van der Waals surface area (Å²) < 4.78 is 40.6. The summed E-state index contributed by atoms with van der Waals surface area (Å²) >= 11 is 1.50. The van der Waals surface area contributed by atoms with Crippen LogP contribution in [-0.2, 0) is 26.2 Å². The topological polar surface area (TPSA) is 105 Å². The minimum absolute atomic E-state index is 0.0358. The number of nitrogens with zero attached hydrogens (tertiary/aromatic N) is 2. The molecule has 0 saturated heterocycles. The van der Waals surface area contributed by atoms with Gasteiger partial charge in [-0.15, -0.1) is 11.8 Å². The Bertz CT molecular complexity index is 1500. The van der Waals surface area contributed by atoms with E-state index in [4.69, 9.17) is 9.47 Å². The maximum atomic E-state index is 14.3. The van der Waals surface area contributed by atoms with Crippen molar-refractivity contribution in [2.45, 2.75) is 69.0 Å². The van der Waals surface area contributed by atoms with Crippen LogP contribution in [0.15, 0.2) is 82.6 Å². The molecule has 1 unspecified atom stereocenters. The third kappa shape index (κ3) is 8.92. The number of carbonyl (C=O) groups excluding carboxylic acids is 2. The van der Waals surface area contributed by atoms with E-state index in [1.807, 2.05) is 46.1 Å². The lowest BCUT2D eigenvalue weighted by molar-refractivity contribution is -0.141. The Kier molecular flexibility index (Phi) is 12.1. The summed E-state index contributed by atoms with van der Waals surface area (Å²) in [6.45, 7) is 9.08. The number of rotatable bonds is 14. The predicted molar refractivity (Wildman–Crippen MR) is 176 cm³/mol. The van der Waals surface area contributed by atoms with Crippen LogP contribution in [-0.4, -0.2) is 63.2 Å². The number of anilines is 1. The highest BCUT2D eigenvalue weighted by molar-refractivity contribution is 7.98. The van der Waals surface area contributed by atoms with Crippen LogP contribution >= 0.6 is 11.8 Å². The van der Waals surface area contributed by atoms with Crippen LogP contribution in [0.1, 0.15) is 46.6 Å². The Labute approximate surface area is 266 Å². The van der Waals surface area contributed by atoms with Gasteiger partial charge in [-0.1, -0.05) is 31.2 Å². The van der Waals surface area contributed by atoms with E-state index < -0.39 is 34.1 Å². The second kappa shape index (κ2) is 15.3. The van der Waals surface area contributed by atoms with E-state index >= 15 is 0 Å². The molecule has 2 amide bonds. The van der Waals surface area contributed by atoms with Crippen molar-refractivity contribution in [2.75, 3.05) is 30.8 Å². The van der Waals surface area contributed by atoms with Crippen LogP contribution in [0.2, 0.25) is 0 Å². The second-order valence-corrected chi connectivity index (χ2v) is 13.9. The average molecular weight is 642 g/mol. The molecule has 0 spiro atoms. The Morgan fingerprint density at radius 2 is 1.59 bits per heavy atom. The molecule has 0 saturated carbocycles. The molecule has 0 bridgehead atoms. The van der Waals surface area contributed by atoms with Gasteiger partial charge in [0, 0.05) is 17.0 Å². The quantitative estimate of drug-likeness (QED) is 0.224. The van der Waals surface area contributed by atoms with Crippen molar-refractivity contribution in [1.82, 2.24) is 10.2 Å². The SMILES string of the molecule is CCOc1ccccc1N(CC(=O)N(Cc1ccc(OC)cc1)C(CC)C(=O)NC(C)(C)C)S(=O)(=O)c1ccc(SC)cc1. The van der Waals surface area contributed by atoms with Gasteiger partial charge in [-0.2, -0.15) is 0 Å². The van der Waals surface area contributed by atoms with Crippen molar-refractivity contribution in [3.63, 3.8) is 0 Å². The standard InChI is InChI=1S/C33H43N3O6S2/c1-8-28(32(38)34-33(3,4)5)35(22-24-14-16-25(41-6)17-15-24)31(37)23-36(29-12-10-11-13-30(29)42-9-2)44(39,40)27-20-18-26(43-7)19-21-27/h10-21,28H,8-9,22-23H2,1-7H3,(H,34,38). The first-order valence-electron chi connectivity index (χ1n) is 14.5. The Morgan fingerprint density at radius 1 is 0.955 bits per heavy atom. The van der Waals surface area contributed by atoms with Gasteiger partial charge in [-0.25, -0.2) is 8.42 Å². The third-order valence-electron chi connectivity index (χ3n) is 6.76. The molecule has 0 heterocycles. The largest absolute Gasteiger partial charge is 0.497 e. The molecule has 11 heteroatoms. The highest BCUT2D eigenvalue weighted by Crippen LogP contribution is 2.33. The van der Waals surface area contributed by atoms with E-state index in [1.54, 1.807) is 62.6 Å². The molecule has 0 aromatic heterocycles. The summed E-state index contributed by atoms with van der Waals surface area (Å²) in [5.41, 5.74) is 0.458. The Balaban J connectivity index is 2.12. The number of para-hydroxylation sites is 2. The average Bonchev–Trinajstić information content (AvgIpc) is 2.99. The zero-order valence-corrected chi connectivity index (χ0v) is 28.1. The summed E-state index contributed by atoms with van der Waals surface area (Å²) in [7, 11) is -2.66. The van der Waals surface area contributed by atoms with Crippen LogP contribution in [0.4, 0.5) is 5.69 Å². The molecule has 3 rings (SSSR count). The first-order valence-corrected chi connectivity index (χ1v) is 17.1. The highest BCUT2D eigenvalue weighted by atomic mass is 32.2. The summed E-state index contributed by atoms with van der Waals surface area (Å²) in [6.07, 6.45) is 2.23. The first-order chi connectivity index (χ1) is 20.8. The second-order valence-electron chi connectivity index (χ2n) is 11.1. The number of ether oxygens (including phenoxy) is 2. The number of sulfonamides is 1. The van der Waals surface area contributed by atoms with Gasteiger partial charge in [-0.05, 0) is 94.5 Å². The lowest BCUT2D eigenvalue weighted by Crippen LogP contribution is -2.55. The molecule has 0 aliphatic heterocycles. The fourth-order valence-corrected chi connectivity index (χ4v) is 6.46. The lowest BCUT2D eigenvalue weighted by Gasteiger charge is -2.35. The molecular weight excluding hydrogens is 599 g/mol. The van der Waals surface area contributed by atoms with Gasteiger partial charge in [0.25, 0.3) is 10.0 Å². The van der Waals surface area contributed by atoms with E-state index in [-0.39, 0.29) is 23.0 Å². The van der Waals surface area contributed by atoms with Crippen molar-refractivity contribution < 1.29 is 27.5 Å². The molecule has 44 heavy (non-hydrogen) atoms. The number of nitrogens with one attached hydrogen (secondary N) is 1. The van der Waals surface area contributed by atoms with Crippen LogP contribution in [0.25, 0.3) is 0 Å². The zero-order chi connectivity index (χ0) is 32.5. The molecule has 1 atom stereocenters. The molecule has 0 fully saturated rings. The number of amides is 2. The van der Waals surface area contributed by atoms with Gasteiger partial charge in [-0.3, -0.25) is 13.9 Å². The maximum Gasteiger partial charge on any atom is 0.264 e. The maximum absolute atomic E-state index is 14.3. The highest BCUT2D eigenvalue weighted by Gasteiger charge is 2.35. The number of carbonyl (C=O) groups is 2. The molecule has 0 aliphatic carbocycles. The summed E-state index contributed by atoms with van der Waals surface area (Å²) in [4.78, 5) is 30.3. The predicted octanol–water partition coefficient (Wildman–Crippen LogP) is 5.73. The third-order valence-corrected chi connectivity index (χ3v) is 9.27. The Hall–Kier alpha value is -3.70. The Morgan fingerprint density at radius 3 is 2.14 bits per heavy atom. The van der Waals surface area contributed by atoms with E-state index in [2.05, 4.69) is 5.32 Å². The van der Waals surface area contributed by atoms with Gasteiger partial charge in [0.1, 0.15) is 24.1 Å². The number of hydrogen-bond acceptors (Lipinski definition) is 7. The minimum atomic E-state index is -4.23. The van der Waals surface area contributed by atoms with Crippen LogP contribution in [0.3, 0.4) is 0 Å². The van der Waals surface area contributed by atoms with E-state index in [0.717, 1.165) is 14.8 Å². The van der Waals surface area contributed by atoms with Gasteiger partial charge >= 0.3 is 0 Å². The van der Waals surface area contributed by atoms with Crippen LogP contribution in [0, 0.1) is 0 Å². The van der Waals surface area contributed by atoms with Crippen molar-refractivity contribution in [1.29, 1.82) is 0 Å². The number of benzene rings is 3. The molecule has 3 aromatic carbocycles. The monoisotopic (exact) mass is 641 g/mol. The fourth-order valence-electron chi connectivity index (χ4n) is 4.63. The first kappa shape index (κ1) is 34.8. The normalized spacial score (nSPS) is 12.2. The molecular formula is C33H43N3O6S2. The molecule has 0 radical (unpaired) electrons. The van der Waals surface area contributed by atoms with Gasteiger partial charge in [0.15, 0.2) is 0 Å². The molecule has 9 nitrogen and oxygen atoms in total. The van der Waals surface area contributed by atoms with Crippen molar-refractivity contribution in [3.8, 4) is 11.5 Å². The zero-order valence-electron chi connectivity index (χ0n) is 26.5. The molecule has 238 valence electrons. The lowest BCUT2D eigenvalue weighted by atomic mass is 10.1. The summed E-state index contributed by atoms with van der Waals surface area (Å²) in [5.74, 6) is 0.124. The number of thioether (sulfide) groups is 1. The van der Waals surface area contributed by atoms with E-state index in [1.165, 1.54) is 28.8 Å². The smallest absolute Gasteiger partial charge is 0.264 e. The fraction of sp³-hybridized carbons (Fsp3) is 0.394. The van der Waals surface area contributed by atoms with Crippen molar-refractivity contribution in [3.05, 3.63) is 78.4 Å². The minimum Gasteiger partial charge on any atom is -0.497 e. The summed E-state index contributed by atoms with van der Waals surface area (Å²) in [5, 5.41) is 2.98. The van der Waals surface area contributed by atoms with Crippen LogP contribution < -0.4 is 19.1 Å². The van der Waals surface area contributed by atoms with Gasteiger partial charge in [0.05, 0.1) is 24.3 Å². The molecule has 0 aliphatic rings. The molecule has 1 N–H and O–H groups in total. The van der Waals surface area contributed by atoms with Gasteiger partial charge < -0.3 is 19.7 Å². The summed E-state index contributed by atoms with van der Waals surface area (Å²) in [6, 6.07) is 19.6. The number of methoxy groups -OCH3 is 1. The number of hydrogen-bond donors (Lipinski definition) is 1.